The highest BCUT2D eigenvalue weighted by Crippen LogP contribution is 2.31. The minimum atomic E-state index is -3.74. The fourth-order valence-corrected chi connectivity index (χ4v) is 5.24. The Hall–Kier alpha value is -2.27. The molecular weight excluding hydrogens is 396 g/mol. The molecule has 156 valence electrons. The Morgan fingerprint density at radius 3 is 2.97 bits per heavy atom. The molecule has 3 heterocycles. The van der Waals surface area contributed by atoms with E-state index in [9.17, 15) is 13.2 Å². The van der Waals surface area contributed by atoms with Crippen LogP contribution < -0.4 is 5.32 Å². The highest BCUT2D eigenvalue weighted by atomic mass is 32.2. The van der Waals surface area contributed by atoms with Crippen LogP contribution in [0.25, 0.3) is 5.69 Å². The average Bonchev–Trinajstić information content (AvgIpc) is 3.37. The average molecular weight is 420 g/mol. The van der Waals surface area contributed by atoms with E-state index in [1.165, 1.54) is 17.7 Å². The lowest BCUT2D eigenvalue weighted by Crippen LogP contribution is -2.35. The summed E-state index contributed by atoms with van der Waals surface area (Å²) in [4.78, 5) is 17.3. The molecular formula is C19H24N4O5S. The maximum absolute atomic E-state index is 13.2. The van der Waals surface area contributed by atoms with Crippen molar-refractivity contribution in [3.8, 4) is 5.69 Å². The summed E-state index contributed by atoms with van der Waals surface area (Å²) in [5.74, 6) is -0.335. The molecule has 0 aliphatic carbocycles. The number of sulfonamides is 1. The molecule has 0 saturated carbocycles. The van der Waals surface area contributed by atoms with Crippen molar-refractivity contribution in [3.05, 3.63) is 42.0 Å². The lowest BCUT2D eigenvalue weighted by Gasteiger charge is -2.20. The van der Waals surface area contributed by atoms with Crippen molar-refractivity contribution in [2.45, 2.75) is 30.4 Å². The Morgan fingerprint density at radius 2 is 2.21 bits per heavy atom. The SMILES string of the molecule is COCCN1Cc2c(C(=O)NC[C@@H]3CCCO3)ncn2-c2ccccc2S1(=O)=O. The Labute approximate surface area is 169 Å². The van der Waals surface area contributed by atoms with Gasteiger partial charge in [0, 0.05) is 26.8 Å². The van der Waals surface area contributed by atoms with E-state index in [2.05, 4.69) is 10.3 Å². The predicted molar refractivity (Wildman–Crippen MR) is 104 cm³/mol. The zero-order chi connectivity index (χ0) is 20.4. The van der Waals surface area contributed by atoms with Crippen molar-refractivity contribution in [1.29, 1.82) is 0 Å². The van der Waals surface area contributed by atoms with Crippen molar-refractivity contribution in [2.75, 3.05) is 33.4 Å². The molecule has 2 aliphatic heterocycles. The Kier molecular flexibility index (Phi) is 5.68. The molecule has 9 nitrogen and oxygen atoms in total. The van der Waals surface area contributed by atoms with E-state index in [0.29, 0.717) is 24.5 Å². The van der Waals surface area contributed by atoms with Crippen LogP contribution in [-0.4, -0.2) is 67.7 Å². The number of imidazole rings is 1. The minimum Gasteiger partial charge on any atom is -0.383 e. The zero-order valence-electron chi connectivity index (χ0n) is 16.2. The summed E-state index contributed by atoms with van der Waals surface area (Å²) < 4.78 is 40.0. The summed E-state index contributed by atoms with van der Waals surface area (Å²) >= 11 is 0. The number of aromatic nitrogens is 2. The normalized spacial score (nSPS) is 20.7. The van der Waals surface area contributed by atoms with Crippen LogP contribution in [0.1, 0.15) is 29.0 Å². The number of nitrogens with zero attached hydrogens (tertiary/aromatic N) is 3. The van der Waals surface area contributed by atoms with Gasteiger partial charge in [0.15, 0.2) is 5.69 Å². The van der Waals surface area contributed by atoms with E-state index in [1.54, 1.807) is 28.8 Å². The van der Waals surface area contributed by atoms with Crippen LogP contribution in [0.4, 0.5) is 0 Å². The summed E-state index contributed by atoms with van der Waals surface area (Å²) in [6.45, 7) is 1.57. The number of hydrogen-bond acceptors (Lipinski definition) is 6. The molecule has 1 saturated heterocycles. The number of para-hydroxylation sites is 1. The second-order valence-corrected chi connectivity index (χ2v) is 8.96. The first kappa shape index (κ1) is 20.0. The number of amides is 1. The Bertz CT molecular complexity index is 998. The fraction of sp³-hybridized carbons (Fsp3) is 0.474. The maximum atomic E-state index is 13.2. The van der Waals surface area contributed by atoms with Gasteiger partial charge in [0.05, 0.1) is 30.6 Å². The van der Waals surface area contributed by atoms with E-state index in [4.69, 9.17) is 9.47 Å². The summed E-state index contributed by atoms with van der Waals surface area (Å²) in [6, 6.07) is 6.73. The second kappa shape index (κ2) is 8.23. The number of rotatable bonds is 6. The highest BCUT2D eigenvalue weighted by Gasteiger charge is 2.34. The first-order valence-corrected chi connectivity index (χ1v) is 11.0. The van der Waals surface area contributed by atoms with Gasteiger partial charge in [-0.05, 0) is 25.0 Å². The quantitative estimate of drug-likeness (QED) is 0.746. The van der Waals surface area contributed by atoms with E-state index < -0.39 is 10.0 Å². The number of hydrogen-bond donors (Lipinski definition) is 1. The van der Waals surface area contributed by atoms with E-state index in [-0.39, 0.29) is 42.3 Å². The number of nitrogens with one attached hydrogen (secondary N) is 1. The van der Waals surface area contributed by atoms with E-state index in [1.807, 2.05) is 0 Å². The van der Waals surface area contributed by atoms with Crippen LogP contribution in [0.5, 0.6) is 0 Å². The Balaban J connectivity index is 1.69. The van der Waals surface area contributed by atoms with Gasteiger partial charge >= 0.3 is 0 Å². The van der Waals surface area contributed by atoms with Gasteiger partial charge in [0.25, 0.3) is 5.91 Å². The summed E-state index contributed by atoms with van der Waals surface area (Å²) in [6.07, 6.45) is 3.42. The van der Waals surface area contributed by atoms with Crippen LogP contribution in [0, 0.1) is 0 Å². The number of carbonyl (C=O) groups is 1. The standard InChI is InChI=1S/C19H24N4O5S/c1-27-10-8-22-12-16-18(19(24)20-11-14-5-4-9-28-14)21-13-23(16)15-6-2-3-7-17(15)29(22,25)26/h2-3,6-7,13-14H,4-5,8-12H2,1H3,(H,20,24)/t14-/m0/s1. The Morgan fingerprint density at radius 1 is 1.38 bits per heavy atom. The third kappa shape index (κ3) is 3.80. The van der Waals surface area contributed by atoms with Crippen LogP contribution >= 0.6 is 0 Å². The van der Waals surface area contributed by atoms with E-state index >= 15 is 0 Å². The molecule has 2 aromatic rings. The van der Waals surface area contributed by atoms with Crippen LogP contribution in [0.15, 0.2) is 35.5 Å². The van der Waals surface area contributed by atoms with Gasteiger partial charge < -0.3 is 14.8 Å². The third-order valence-electron chi connectivity index (χ3n) is 5.21. The summed E-state index contributed by atoms with van der Waals surface area (Å²) in [5.41, 5.74) is 1.23. The van der Waals surface area contributed by atoms with Crippen molar-refractivity contribution in [2.24, 2.45) is 0 Å². The molecule has 29 heavy (non-hydrogen) atoms. The van der Waals surface area contributed by atoms with Crippen molar-refractivity contribution in [1.82, 2.24) is 19.2 Å². The predicted octanol–water partition coefficient (Wildman–Crippen LogP) is 0.932. The van der Waals surface area contributed by atoms with Gasteiger partial charge in [0.2, 0.25) is 10.0 Å². The number of methoxy groups -OCH3 is 1. The smallest absolute Gasteiger partial charge is 0.271 e. The number of benzene rings is 1. The molecule has 1 aromatic heterocycles. The molecule has 10 heteroatoms. The molecule has 4 rings (SSSR count). The monoisotopic (exact) mass is 420 g/mol. The molecule has 0 bridgehead atoms. The molecule has 1 aromatic carbocycles. The third-order valence-corrected chi connectivity index (χ3v) is 7.10. The number of ether oxygens (including phenoxy) is 2. The fourth-order valence-electron chi connectivity index (χ4n) is 3.68. The topological polar surface area (TPSA) is 103 Å². The zero-order valence-corrected chi connectivity index (χ0v) is 17.0. The molecule has 0 radical (unpaired) electrons. The summed E-state index contributed by atoms with van der Waals surface area (Å²) in [7, 11) is -2.22. The van der Waals surface area contributed by atoms with Crippen molar-refractivity contribution in [3.63, 3.8) is 0 Å². The molecule has 0 unspecified atom stereocenters. The first-order chi connectivity index (χ1) is 14.0. The molecule has 1 fully saturated rings. The maximum Gasteiger partial charge on any atom is 0.271 e. The van der Waals surface area contributed by atoms with Crippen LogP contribution in [-0.2, 0) is 26.0 Å². The van der Waals surface area contributed by atoms with Gasteiger partial charge in [-0.1, -0.05) is 12.1 Å². The van der Waals surface area contributed by atoms with Crippen molar-refractivity contribution >= 4 is 15.9 Å². The number of fused-ring (bicyclic) bond motifs is 3. The molecule has 0 spiro atoms. The lowest BCUT2D eigenvalue weighted by molar-refractivity contribution is 0.0852. The van der Waals surface area contributed by atoms with Gasteiger partial charge in [-0.25, -0.2) is 13.4 Å². The molecule has 1 atom stereocenters. The number of carbonyl (C=O) groups excluding carboxylic acids is 1. The molecule has 2 aliphatic rings. The van der Waals surface area contributed by atoms with Crippen LogP contribution in [0.3, 0.4) is 0 Å². The van der Waals surface area contributed by atoms with Gasteiger partial charge in [-0.2, -0.15) is 4.31 Å². The van der Waals surface area contributed by atoms with Crippen LogP contribution in [0.2, 0.25) is 0 Å². The minimum absolute atomic E-state index is 0.0134. The largest absolute Gasteiger partial charge is 0.383 e. The van der Waals surface area contributed by atoms with E-state index in [0.717, 1.165) is 12.8 Å². The first-order valence-electron chi connectivity index (χ1n) is 9.57. The molecule has 1 N–H and O–H groups in total. The summed E-state index contributed by atoms with van der Waals surface area (Å²) in [5, 5.41) is 2.87. The van der Waals surface area contributed by atoms with Gasteiger partial charge in [0.1, 0.15) is 11.2 Å². The van der Waals surface area contributed by atoms with Crippen molar-refractivity contribution < 1.29 is 22.7 Å². The van der Waals surface area contributed by atoms with Gasteiger partial charge in [-0.15, -0.1) is 0 Å². The lowest BCUT2D eigenvalue weighted by atomic mass is 10.2. The second-order valence-electron chi connectivity index (χ2n) is 7.05. The molecule has 1 amide bonds. The van der Waals surface area contributed by atoms with Gasteiger partial charge in [-0.3, -0.25) is 9.36 Å². The highest BCUT2D eigenvalue weighted by molar-refractivity contribution is 7.89.